The number of rotatable bonds is 2. The Labute approximate surface area is 118 Å². The zero-order chi connectivity index (χ0) is 15.1. The molecule has 1 heterocycles. The Morgan fingerprint density at radius 1 is 1.30 bits per heavy atom. The molecule has 0 saturated carbocycles. The molecule has 6 nitrogen and oxygen atoms in total. The summed E-state index contributed by atoms with van der Waals surface area (Å²) in [5, 5.41) is 2.63. The van der Waals surface area contributed by atoms with E-state index in [1.54, 1.807) is 33.8 Å². The van der Waals surface area contributed by atoms with Gasteiger partial charge in [-0.3, -0.25) is 4.79 Å². The fourth-order valence-electron chi connectivity index (χ4n) is 1.82. The van der Waals surface area contributed by atoms with Gasteiger partial charge in [-0.1, -0.05) is 0 Å². The molecule has 0 radical (unpaired) electrons. The Kier molecular flexibility index (Phi) is 3.51. The Morgan fingerprint density at radius 3 is 2.55 bits per heavy atom. The van der Waals surface area contributed by atoms with Gasteiger partial charge in [0.15, 0.2) is 6.10 Å². The van der Waals surface area contributed by atoms with Gasteiger partial charge in [-0.2, -0.15) is 0 Å². The monoisotopic (exact) mass is 298 g/mol. The molecule has 1 unspecified atom stereocenters. The van der Waals surface area contributed by atoms with Crippen LogP contribution < -0.4 is 14.8 Å². The molecule has 1 aromatic rings. The van der Waals surface area contributed by atoms with Gasteiger partial charge in [-0.25, -0.2) is 13.1 Å². The van der Waals surface area contributed by atoms with Crippen LogP contribution in [-0.2, 0) is 14.8 Å². The van der Waals surface area contributed by atoms with Gasteiger partial charge in [0, 0.05) is 5.54 Å². The van der Waals surface area contributed by atoms with E-state index in [1.165, 1.54) is 12.1 Å². The van der Waals surface area contributed by atoms with E-state index in [9.17, 15) is 13.2 Å². The lowest BCUT2D eigenvalue weighted by Crippen LogP contribution is -2.40. The van der Waals surface area contributed by atoms with Crippen LogP contribution in [0.3, 0.4) is 0 Å². The molecule has 110 valence electrons. The summed E-state index contributed by atoms with van der Waals surface area (Å²) in [5.74, 6) is 0.169. The highest BCUT2D eigenvalue weighted by molar-refractivity contribution is 7.89. The number of sulfonamides is 1. The summed E-state index contributed by atoms with van der Waals surface area (Å²) in [7, 11) is -3.64. The van der Waals surface area contributed by atoms with E-state index < -0.39 is 21.7 Å². The quantitative estimate of drug-likeness (QED) is 0.866. The third-order valence-electron chi connectivity index (χ3n) is 2.63. The van der Waals surface area contributed by atoms with Crippen LogP contribution in [0.15, 0.2) is 23.1 Å². The third-order valence-corrected chi connectivity index (χ3v) is 4.39. The van der Waals surface area contributed by atoms with Crippen molar-refractivity contribution in [3.63, 3.8) is 0 Å². The highest BCUT2D eigenvalue weighted by Crippen LogP contribution is 2.31. The van der Waals surface area contributed by atoms with E-state index in [0.717, 1.165) is 0 Å². The molecule has 0 aliphatic carbocycles. The maximum Gasteiger partial charge on any atom is 0.265 e. The minimum absolute atomic E-state index is 0.0876. The Balaban J connectivity index is 2.37. The summed E-state index contributed by atoms with van der Waals surface area (Å²) in [5.41, 5.74) is -0.215. The topological polar surface area (TPSA) is 84.5 Å². The number of nitrogens with one attached hydrogen (secondary N) is 2. The number of benzene rings is 1. The van der Waals surface area contributed by atoms with E-state index in [4.69, 9.17) is 4.74 Å². The molecule has 1 amide bonds. The minimum Gasteiger partial charge on any atom is -0.479 e. The summed E-state index contributed by atoms with van der Waals surface area (Å²) >= 11 is 0. The SMILES string of the molecule is CC1Oc2ccc(S(=O)(=O)NC(C)(C)C)cc2NC1=O. The van der Waals surface area contributed by atoms with Crippen LogP contribution in [0.25, 0.3) is 0 Å². The van der Waals surface area contributed by atoms with Crippen LogP contribution in [0.4, 0.5) is 5.69 Å². The number of fused-ring (bicyclic) bond motifs is 1. The second-order valence-corrected chi connectivity index (χ2v) is 7.45. The van der Waals surface area contributed by atoms with Gasteiger partial charge in [0.1, 0.15) is 5.75 Å². The fourth-order valence-corrected chi connectivity index (χ4v) is 3.26. The molecule has 20 heavy (non-hydrogen) atoms. The molecule has 0 bridgehead atoms. The van der Waals surface area contributed by atoms with Gasteiger partial charge in [0.25, 0.3) is 5.91 Å². The van der Waals surface area contributed by atoms with E-state index >= 15 is 0 Å². The lowest BCUT2D eigenvalue weighted by atomic mass is 10.1. The molecule has 1 aromatic carbocycles. The molecule has 7 heteroatoms. The van der Waals surface area contributed by atoms with Gasteiger partial charge in [-0.15, -0.1) is 0 Å². The molecule has 2 rings (SSSR count). The van der Waals surface area contributed by atoms with Crippen molar-refractivity contribution >= 4 is 21.6 Å². The molecule has 0 fully saturated rings. The second-order valence-electron chi connectivity index (χ2n) is 5.76. The summed E-state index contributed by atoms with van der Waals surface area (Å²) in [4.78, 5) is 11.6. The number of carbonyl (C=O) groups is 1. The predicted molar refractivity (Wildman–Crippen MR) is 75.2 cm³/mol. The Morgan fingerprint density at radius 2 is 1.95 bits per heavy atom. The molecule has 1 atom stereocenters. The second kappa shape index (κ2) is 4.75. The average Bonchev–Trinajstić information content (AvgIpc) is 2.26. The number of amides is 1. The summed E-state index contributed by atoms with van der Waals surface area (Å²) in [6.45, 7) is 6.91. The summed E-state index contributed by atoms with van der Waals surface area (Å²) in [6, 6.07) is 4.40. The standard InChI is InChI=1S/C13H18N2O4S/c1-8-12(16)14-10-7-9(5-6-11(10)19-8)20(17,18)15-13(2,3)4/h5-8,15H,1-4H3,(H,14,16). The zero-order valence-electron chi connectivity index (χ0n) is 11.9. The maximum atomic E-state index is 12.2. The first-order valence-corrected chi connectivity index (χ1v) is 7.72. The molecule has 0 spiro atoms. The average molecular weight is 298 g/mol. The summed E-state index contributed by atoms with van der Waals surface area (Å²) < 4.78 is 32.4. The van der Waals surface area contributed by atoms with E-state index in [0.29, 0.717) is 11.4 Å². The van der Waals surface area contributed by atoms with E-state index in [1.807, 2.05) is 0 Å². The molecular formula is C13H18N2O4S. The Hall–Kier alpha value is -1.60. The van der Waals surface area contributed by atoms with Crippen LogP contribution in [-0.4, -0.2) is 26.0 Å². The van der Waals surface area contributed by atoms with Crippen LogP contribution in [0, 0.1) is 0 Å². The molecule has 1 aliphatic rings. The van der Waals surface area contributed by atoms with Gasteiger partial charge in [0.05, 0.1) is 10.6 Å². The first-order chi connectivity index (χ1) is 9.08. The van der Waals surface area contributed by atoms with Crippen LogP contribution in [0.5, 0.6) is 5.75 Å². The van der Waals surface area contributed by atoms with Crippen molar-refractivity contribution in [2.75, 3.05) is 5.32 Å². The third kappa shape index (κ3) is 3.10. The highest BCUT2D eigenvalue weighted by atomic mass is 32.2. The maximum absolute atomic E-state index is 12.2. The number of carbonyl (C=O) groups excluding carboxylic acids is 1. The molecule has 0 aromatic heterocycles. The van der Waals surface area contributed by atoms with Crippen molar-refractivity contribution in [1.29, 1.82) is 0 Å². The van der Waals surface area contributed by atoms with Crippen molar-refractivity contribution in [2.45, 2.75) is 44.2 Å². The van der Waals surface area contributed by atoms with Gasteiger partial charge in [0.2, 0.25) is 10.0 Å². The van der Waals surface area contributed by atoms with Crippen molar-refractivity contribution in [3.05, 3.63) is 18.2 Å². The number of ether oxygens (including phenoxy) is 1. The normalized spacial score (nSPS) is 19.0. The highest BCUT2D eigenvalue weighted by Gasteiger charge is 2.27. The lowest BCUT2D eigenvalue weighted by molar-refractivity contribution is -0.122. The van der Waals surface area contributed by atoms with E-state index in [-0.39, 0.29) is 10.8 Å². The van der Waals surface area contributed by atoms with Crippen molar-refractivity contribution < 1.29 is 17.9 Å². The smallest absolute Gasteiger partial charge is 0.265 e. The van der Waals surface area contributed by atoms with Gasteiger partial charge in [-0.05, 0) is 45.9 Å². The Bertz CT molecular complexity index is 647. The molecular weight excluding hydrogens is 280 g/mol. The number of anilines is 1. The largest absolute Gasteiger partial charge is 0.479 e. The first-order valence-electron chi connectivity index (χ1n) is 6.24. The van der Waals surface area contributed by atoms with E-state index in [2.05, 4.69) is 10.0 Å². The number of hydrogen-bond donors (Lipinski definition) is 2. The van der Waals surface area contributed by atoms with Crippen LogP contribution in [0.1, 0.15) is 27.7 Å². The molecule has 0 saturated heterocycles. The molecule has 2 N–H and O–H groups in total. The first kappa shape index (κ1) is 14.8. The lowest BCUT2D eigenvalue weighted by Gasteiger charge is -2.24. The summed E-state index contributed by atoms with van der Waals surface area (Å²) in [6.07, 6.45) is -0.586. The zero-order valence-corrected chi connectivity index (χ0v) is 12.7. The fraction of sp³-hybridized carbons (Fsp3) is 0.462. The number of hydrogen-bond acceptors (Lipinski definition) is 4. The van der Waals surface area contributed by atoms with Gasteiger partial charge < -0.3 is 10.1 Å². The van der Waals surface area contributed by atoms with Crippen LogP contribution >= 0.6 is 0 Å². The molecule has 1 aliphatic heterocycles. The van der Waals surface area contributed by atoms with Crippen molar-refractivity contribution in [3.8, 4) is 5.75 Å². The predicted octanol–water partition coefficient (Wildman–Crippen LogP) is 1.48. The van der Waals surface area contributed by atoms with Crippen LogP contribution in [0.2, 0.25) is 0 Å². The van der Waals surface area contributed by atoms with Crippen molar-refractivity contribution in [1.82, 2.24) is 4.72 Å². The van der Waals surface area contributed by atoms with Gasteiger partial charge >= 0.3 is 0 Å². The van der Waals surface area contributed by atoms with Crippen molar-refractivity contribution in [2.24, 2.45) is 0 Å². The minimum atomic E-state index is -3.64.